The van der Waals surface area contributed by atoms with Gasteiger partial charge in [-0.2, -0.15) is 0 Å². The van der Waals surface area contributed by atoms with Gasteiger partial charge in [0.15, 0.2) is 0 Å². The van der Waals surface area contributed by atoms with E-state index in [-0.39, 0.29) is 23.1 Å². The number of rotatable bonds is 16. The van der Waals surface area contributed by atoms with Gasteiger partial charge in [0.05, 0.1) is 0 Å². The molecule has 0 aliphatic heterocycles. The van der Waals surface area contributed by atoms with Crippen molar-refractivity contribution in [3.8, 4) is 0 Å². The van der Waals surface area contributed by atoms with Crippen LogP contribution in [0, 0.1) is 11.8 Å². The third-order valence-corrected chi connectivity index (χ3v) is 6.86. The predicted molar refractivity (Wildman–Crippen MR) is 141 cm³/mol. The normalized spacial score (nSPS) is 14.1. The van der Waals surface area contributed by atoms with Gasteiger partial charge in [-0.15, -0.1) is 0 Å². The molecule has 0 aliphatic carbocycles. The minimum absolute atomic E-state index is 0.105. The number of carbonyl (C=O) groups is 5. The van der Waals surface area contributed by atoms with Crippen LogP contribution in [0.5, 0.6) is 0 Å². The van der Waals surface area contributed by atoms with Crippen molar-refractivity contribution in [2.45, 2.75) is 85.0 Å². The first-order chi connectivity index (χ1) is 16.6. The van der Waals surface area contributed by atoms with Crippen LogP contribution in [-0.4, -0.2) is 91.1 Å². The number of hydrogen-bond acceptors (Lipinski definition) is 8. The molecule has 5 N–H and O–H groups in total. The van der Waals surface area contributed by atoms with E-state index in [0.717, 1.165) is 0 Å². The molecule has 0 spiro atoms. The molecule has 0 heterocycles. The third-order valence-electron chi connectivity index (χ3n) is 4.59. The van der Waals surface area contributed by atoms with Crippen LogP contribution in [0.15, 0.2) is 0 Å². The zero-order chi connectivity index (χ0) is 28.1. The molecule has 208 valence electrons. The Hall–Kier alpha value is -1.82. The Morgan fingerprint density at radius 2 is 1.58 bits per heavy atom. The third kappa shape index (κ3) is 15.3. The van der Waals surface area contributed by atoms with Crippen molar-refractivity contribution in [3.63, 3.8) is 0 Å². The zero-order valence-electron chi connectivity index (χ0n) is 22.4. The number of thioether (sulfide) groups is 1. The van der Waals surface area contributed by atoms with Crippen LogP contribution < -0.4 is 20.3 Å². The minimum atomic E-state index is -1.12. The second-order valence-corrected chi connectivity index (χ2v) is 12.9. The van der Waals surface area contributed by atoms with Crippen LogP contribution in [-0.2, 0) is 23.9 Å². The Balaban J connectivity index is 4.98. The average molecular weight is 598 g/mol. The molecule has 0 aromatic rings. The number of carbonyl (C=O) groups excluding carboxylic acids is 4. The fourth-order valence-corrected chi connectivity index (χ4v) is 4.68. The monoisotopic (exact) mass is 598 g/mol. The molecule has 0 saturated heterocycles. The van der Waals surface area contributed by atoms with Gasteiger partial charge in [0.1, 0.15) is 0 Å². The number of amides is 3. The number of carboxylic acid groups (broad SMARTS) is 1. The van der Waals surface area contributed by atoms with Crippen LogP contribution in [0.4, 0.5) is 4.79 Å². The van der Waals surface area contributed by atoms with Crippen molar-refractivity contribution in [1.29, 1.82) is 0 Å². The fourth-order valence-electron chi connectivity index (χ4n) is 2.85. The van der Waals surface area contributed by atoms with Crippen LogP contribution >= 0.6 is 11.8 Å². The summed E-state index contributed by atoms with van der Waals surface area (Å²) < 4.78 is 7.85. The van der Waals surface area contributed by atoms with Gasteiger partial charge in [-0.25, -0.2) is 0 Å². The molecule has 0 aromatic carbocycles. The summed E-state index contributed by atoms with van der Waals surface area (Å²) in [5.41, 5.74) is -0.716. The van der Waals surface area contributed by atoms with Crippen molar-refractivity contribution in [2.75, 3.05) is 18.6 Å². The number of alkyl carbamates (subject to hydrolysis) is 1. The molecule has 11 nitrogen and oxygen atoms in total. The van der Waals surface area contributed by atoms with E-state index >= 15 is 0 Å². The number of hydrogen-bond donors (Lipinski definition) is 5. The molecule has 0 saturated carbocycles. The van der Waals surface area contributed by atoms with Crippen LogP contribution in [0.1, 0.15) is 61.3 Å². The SMILES string of the molecule is CSCC[C@H](N[Se]C(=O)CNC(=O)[C@H](CC(C)C)NC(=O)OC(C)(C)C)C(=O)N[C@H](C(=O)O)C(C)C. The van der Waals surface area contributed by atoms with Crippen molar-refractivity contribution in [3.05, 3.63) is 0 Å². The van der Waals surface area contributed by atoms with Crippen molar-refractivity contribution in [1.82, 2.24) is 20.3 Å². The van der Waals surface area contributed by atoms with Gasteiger partial charge in [0.25, 0.3) is 0 Å². The summed E-state index contributed by atoms with van der Waals surface area (Å²) in [5.74, 6) is -1.67. The summed E-state index contributed by atoms with van der Waals surface area (Å²) in [5, 5.41) is 17.0. The Morgan fingerprint density at radius 1 is 0.972 bits per heavy atom. The number of ether oxygens (including phenoxy) is 1. The van der Waals surface area contributed by atoms with Gasteiger partial charge >= 0.3 is 225 Å². The second kappa shape index (κ2) is 16.8. The van der Waals surface area contributed by atoms with E-state index in [4.69, 9.17) is 4.74 Å². The molecule has 0 radical (unpaired) electrons. The number of aliphatic carboxylic acids is 1. The molecular formula is C23H42N4O7SSe. The Bertz CT molecular complexity index is 759. The first-order valence-electron chi connectivity index (χ1n) is 11.8. The van der Waals surface area contributed by atoms with E-state index in [1.165, 1.54) is 11.8 Å². The molecule has 0 rings (SSSR count). The van der Waals surface area contributed by atoms with E-state index in [2.05, 4.69) is 20.3 Å². The molecular weight excluding hydrogens is 555 g/mol. The van der Waals surface area contributed by atoms with E-state index < -0.39 is 62.8 Å². The summed E-state index contributed by atoms with van der Waals surface area (Å²) in [4.78, 5) is 61.3. The standard InChI is InChI=1S/C23H42N4O7SSe/c1-13(2)11-16(25-22(33)34-23(5,6)7)19(29)24-12-17(28)36-27-15(9-10-35-8)20(30)26-18(14(3)4)21(31)32/h13-16,18,27H,9-12H2,1-8H3,(H,24,29)(H,25,33)(H,26,30)(H,31,32)/t15-,16-,18-/m0/s1. The first kappa shape index (κ1) is 34.2. The van der Waals surface area contributed by atoms with E-state index in [1.54, 1.807) is 34.6 Å². The molecule has 0 aliphatic rings. The maximum atomic E-state index is 12.7. The van der Waals surface area contributed by atoms with Crippen LogP contribution in [0.2, 0.25) is 0 Å². The fraction of sp³-hybridized carbons (Fsp3) is 0.783. The summed E-state index contributed by atoms with van der Waals surface area (Å²) >= 11 is 0.690. The predicted octanol–water partition coefficient (Wildman–Crippen LogP) is 1.12. The summed E-state index contributed by atoms with van der Waals surface area (Å²) in [6, 6.07) is -2.63. The molecule has 3 atom stereocenters. The first-order valence-corrected chi connectivity index (χ1v) is 14.9. The molecule has 3 amide bonds. The Morgan fingerprint density at radius 3 is 2.06 bits per heavy atom. The molecule has 0 unspecified atom stereocenters. The number of carboxylic acids is 1. The Kier molecular flexibility index (Phi) is 16.0. The van der Waals surface area contributed by atoms with Crippen LogP contribution in [0.25, 0.3) is 0 Å². The molecule has 36 heavy (non-hydrogen) atoms. The van der Waals surface area contributed by atoms with Gasteiger partial charge in [-0.1, -0.05) is 0 Å². The van der Waals surface area contributed by atoms with Crippen molar-refractivity contribution < 1.29 is 33.8 Å². The van der Waals surface area contributed by atoms with E-state index in [9.17, 15) is 29.1 Å². The second-order valence-electron chi connectivity index (χ2n) is 10.0. The quantitative estimate of drug-likeness (QED) is 0.164. The van der Waals surface area contributed by atoms with Gasteiger partial charge < -0.3 is 0 Å². The van der Waals surface area contributed by atoms with Crippen molar-refractivity contribution >= 4 is 55.5 Å². The molecule has 0 bridgehead atoms. The summed E-state index contributed by atoms with van der Waals surface area (Å²) in [6.07, 6.45) is 1.94. The molecule has 0 aromatic heterocycles. The van der Waals surface area contributed by atoms with E-state index in [1.807, 2.05) is 20.1 Å². The molecule has 0 fully saturated rings. The van der Waals surface area contributed by atoms with Crippen molar-refractivity contribution in [2.24, 2.45) is 11.8 Å². The average Bonchev–Trinajstić information content (AvgIpc) is 2.72. The maximum absolute atomic E-state index is 12.7. The zero-order valence-corrected chi connectivity index (χ0v) is 25.0. The topological polar surface area (TPSA) is 163 Å². The summed E-state index contributed by atoms with van der Waals surface area (Å²) in [7, 11) is 0. The van der Waals surface area contributed by atoms with Crippen LogP contribution in [0.3, 0.4) is 0 Å². The molecule has 13 heteroatoms. The van der Waals surface area contributed by atoms with Gasteiger partial charge in [-0.3, -0.25) is 0 Å². The van der Waals surface area contributed by atoms with Gasteiger partial charge in [-0.05, 0) is 0 Å². The Labute approximate surface area is 224 Å². The van der Waals surface area contributed by atoms with Gasteiger partial charge in [0, 0.05) is 0 Å². The van der Waals surface area contributed by atoms with Gasteiger partial charge in [0.2, 0.25) is 0 Å². The number of nitrogens with one attached hydrogen (secondary N) is 4. The summed E-state index contributed by atoms with van der Waals surface area (Å²) in [6.45, 7) is 12.1. The van der Waals surface area contributed by atoms with E-state index in [0.29, 0.717) is 18.6 Å².